The summed E-state index contributed by atoms with van der Waals surface area (Å²) in [6.45, 7) is 3.17. The van der Waals surface area contributed by atoms with Crippen LogP contribution in [-0.2, 0) is 19.6 Å². The van der Waals surface area contributed by atoms with E-state index in [0.717, 1.165) is 50.3 Å². The van der Waals surface area contributed by atoms with Crippen molar-refractivity contribution in [3.05, 3.63) is 41.7 Å². The van der Waals surface area contributed by atoms with Gasteiger partial charge < -0.3 is 14.0 Å². The number of rotatable bonds is 5. The van der Waals surface area contributed by atoms with Gasteiger partial charge in [-0.1, -0.05) is 5.16 Å². The maximum atomic E-state index is 10.3. The highest BCUT2D eigenvalue weighted by atomic mass is 16.5. The molecule has 8 nitrogen and oxygen atoms in total. The molecule has 0 aromatic carbocycles. The zero-order valence-electron chi connectivity index (χ0n) is 14.4. The third-order valence-corrected chi connectivity index (χ3v) is 5.05. The summed E-state index contributed by atoms with van der Waals surface area (Å²) >= 11 is 0. The molecule has 0 amide bonds. The predicted molar refractivity (Wildman–Crippen MR) is 90.6 cm³/mol. The van der Waals surface area contributed by atoms with Crippen LogP contribution in [-0.4, -0.2) is 36.5 Å². The van der Waals surface area contributed by atoms with Crippen LogP contribution >= 0.6 is 0 Å². The number of aryl methyl sites for hydroxylation is 1. The molecule has 1 aliphatic carbocycles. The molecule has 0 spiro atoms. The van der Waals surface area contributed by atoms with E-state index in [1.165, 1.54) is 0 Å². The van der Waals surface area contributed by atoms with Gasteiger partial charge in [0.2, 0.25) is 0 Å². The van der Waals surface area contributed by atoms with Crippen LogP contribution in [0.5, 0.6) is 0 Å². The average molecular weight is 355 g/mol. The molecule has 0 radical (unpaired) electrons. The van der Waals surface area contributed by atoms with Crippen molar-refractivity contribution < 1.29 is 14.0 Å². The minimum Gasteiger partial charge on any atom is -0.459 e. The molecule has 0 saturated heterocycles. The molecular formula is C18H21N5O3. The van der Waals surface area contributed by atoms with Crippen molar-refractivity contribution >= 4 is 0 Å². The number of hydrogen-bond donors (Lipinski definition) is 1. The van der Waals surface area contributed by atoms with Crippen LogP contribution in [0.1, 0.15) is 42.6 Å². The molecule has 1 fully saturated rings. The number of aromatic nitrogens is 4. The molecule has 8 heteroatoms. The average Bonchev–Trinajstić information content (AvgIpc) is 3.04. The topological polar surface area (TPSA) is 93.3 Å². The van der Waals surface area contributed by atoms with Crippen molar-refractivity contribution in [3.63, 3.8) is 0 Å². The summed E-state index contributed by atoms with van der Waals surface area (Å²) in [6, 6.07) is 5.64. The fraction of sp³-hybridized carbons (Fsp3) is 0.500. The second kappa shape index (κ2) is 6.37. The molecule has 1 N–H and O–H groups in total. The Balaban J connectivity index is 1.30. The second-order valence-corrected chi connectivity index (χ2v) is 7.12. The number of aliphatic hydroxyl groups excluding tert-OH is 1. The van der Waals surface area contributed by atoms with Gasteiger partial charge in [-0.25, -0.2) is 0 Å². The van der Waals surface area contributed by atoms with Gasteiger partial charge >= 0.3 is 0 Å². The van der Waals surface area contributed by atoms with Gasteiger partial charge in [-0.2, -0.15) is 10.1 Å². The summed E-state index contributed by atoms with van der Waals surface area (Å²) in [5, 5.41) is 19.0. The third kappa shape index (κ3) is 3.06. The Morgan fingerprint density at radius 2 is 2.23 bits per heavy atom. The van der Waals surface area contributed by atoms with Crippen molar-refractivity contribution in [1.82, 2.24) is 24.8 Å². The molecule has 1 aliphatic heterocycles. The fourth-order valence-corrected chi connectivity index (χ4v) is 3.50. The maximum Gasteiger partial charge on any atom is 0.293 e. The van der Waals surface area contributed by atoms with Gasteiger partial charge in [0.1, 0.15) is 6.10 Å². The van der Waals surface area contributed by atoms with E-state index >= 15 is 0 Å². The van der Waals surface area contributed by atoms with Crippen LogP contribution in [0.4, 0.5) is 0 Å². The smallest absolute Gasteiger partial charge is 0.293 e. The number of hydrogen-bond acceptors (Lipinski definition) is 7. The van der Waals surface area contributed by atoms with Crippen molar-refractivity contribution in [2.24, 2.45) is 5.92 Å². The lowest BCUT2D eigenvalue weighted by molar-refractivity contribution is 0.148. The summed E-state index contributed by atoms with van der Waals surface area (Å²) < 4.78 is 12.6. The fourth-order valence-electron chi connectivity index (χ4n) is 3.50. The van der Waals surface area contributed by atoms with Gasteiger partial charge in [0.05, 0.1) is 24.2 Å². The Hall–Kier alpha value is -2.45. The molecule has 1 atom stereocenters. The molecule has 5 rings (SSSR count). The number of furan rings is 1. The van der Waals surface area contributed by atoms with Gasteiger partial charge in [-0.15, -0.1) is 0 Å². The minimum atomic E-state index is -0.420. The normalized spacial score (nSPS) is 19.3. The van der Waals surface area contributed by atoms with Crippen LogP contribution in [0.2, 0.25) is 0 Å². The quantitative estimate of drug-likeness (QED) is 0.751. The molecule has 2 aliphatic rings. The highest BCUT2D eigenvalue weighted by Gasteiger charge is 2.33. The lowest BCUT2D eigenvalue weighted by atomic mass is 10.1. The molecule has 1 unspecified atom stereocenters. The van der Waals surface area contributed by atoms with Crippen LogP contribution < -0.4 is 0 Å². The van der Waals surface area contributed by atoms with Crippen LogP contribution in [0, 0.1) is 5.92 Å². The largest absolute Gasteiger partial charge is 0.459 e. The van der Waals surface area contributed by atoms with E-state index in [9.17, 15) is 5.11 Å². The Kier molecular flexibility index (Phi) is 3.86. The molecule has 1 saturated carbocycles. The summed E-state index contributed by atoms with van der Waals surface area (Å²) in [5.74, 6) is 2.02. The van der Waals surface area contributed by atoms with Gasteiger partial charge in [-0.05, 0) is 43.4 Å². The van der Waals surface area contributed by atoms with Crippen molar-refractivity contribution in [2.45, 2.75) is 45.0 Å². The van der Waals surface area contributed by atoms with E-state index in [0.29, 0.717) is 29.9 Å². The van der Waals surface area contributed by atoms with E-state index in [2.05, 4.69) is 20.1 Å². The highest BCUT2D eigenvalue weighted by Crippen LogP contribution is 2.40. The molecule has 3 aromatic heterocycles. The summed E-state index contributed by atoms with van der Waals surface area (Å²) in [4.78, 5) is 6.70. The van der Waals surface area contributed by atoms with Crippen LogP contribution in [0.25, 0.3) is 11.7 Å². The van der Waals surface area contributed by atoms with Gasteiger partial charge in [0.15, 0.2) is 11.6 Å². The van der Waals surface area contributed by atoms with Crippen LogP contribution in [0.15, 0.2) is 33.4 Å². The SMILES string of the molecule is OC(c1cc2n(n1)CCCN(Cc1noc(-c3ccco3)n1)C2)C1CC1. The molecule has 26 heavy (non-hydrogen) atoms. The molecular weight excluding hydrogens is 334 g/mol. The first kappa shape index (κ1) is 15.8. The molecule has 3 aromatic rings. The zero-order chi connectivity index (χ0) is 17.5. The monoisotopic (exact) mass is 355 g/mol. The van der Waals surface area contributed by atoms with E-state index in [1.807, 2.05) is 10.7 Å². The van der Waals surface area contributed by atoms with Crippen molar-refractivity contribution in [3.8, 4) is 11.7 Å². The minimum absolute atomic E-state index is 0.393. The number of aliphatic hydroxyl groups is 1. The van der Waals surface area contributed by atoms with Gasteiger partial charge in [0, 0.05) is 19.6 Å². The number of nitrogens with zero attached hydrogens (tertiary/aromatic N) is 5. The van der Waals surface area contributed by atoms with E-state index in [1.54, 1.807) is 18.4 Å². The Morgan fingerprint density at radius 3 is 3.04 bits per heavy atom. The summed E-state index contributed by atoms with van der Waals surface area (Å²) in [6.07, 6.45) is 4.37. The predicted octanol–water partition coefficient (Wildman–Crippen LogP) is 2.38. The third-order valence-electron chi connectivity index (χ3n) is 5.05. The highest BCUT2D eigenvalue weighted by molar-refractivity contribution is 5.42. The Labute approximate surface area is 150 Å². The van der Waals surface area contributed by atoms with E-state index < -0.39 is 6.10 Å². The molecule has 136 valence electrons. The van der Waals surface area contributed by atoms with Gasteiger partial charge in [0.25, 0.3) is 5.89 Å². The van der Waals surface area contributed by atoms with E-state index in [4.69, 9.17) is 8.94 Å². The van der Waals surface area contributed by atoms with Crippen molar-refractivity contribution in [2.75, 3.05) is 6.54 Å². The molecule has 4 heterocycles. The Morgan fingerprint density at radius 1 is 1.31 bits per heavy atom. The first-order valence-corrected chi connectivity index (χ1v) is 9.10. The lowest BCUT2D eigenvalue weighted by Gasteiger charge is -2.16. The van der Waals surface area contributed by atoms with Gasteiger partial charge in [-0.3, -0.25) is 9.58 Å². The van der Waals surface area contributed by atoms with Crippen LogP contribution in [0.3, 0.4) is 0 Å². The lowest BCUT2D eigenvalue weighted by Crippen LogP contribution is -2.23. The summed E-state index contributed by atoms with van der Waals surface area (Å²) in [7, 11) is 0. The number of fused-ring (bicyclic) bond motifs is 1. The second-order valence-electron chi connectivity index (χ2n) is 7.12. The zero-order valence-corrected chi connectivity index (χ0v) is 14.4. The maximum absolute atomic E-state index is 10.3. The molecule has 0 bridgehead atoms. The summed E-state index contributed by atoms with van der Waals surface area (Å²) in [5.41, 5.74) is 1.94. The standard InChI is InChI=1S/C18H21N5O3/c24-17(12-4-5-12)14-9-13-10-22(6-2-7-23(13)20-14)11-16-19-18(26-21-16)15-3-1-8-25-15/h1,3,8-9,12,17,24H,2,4-7,10-11H2. The Bertz CT molecular complexity index is 881. The van der Waals surface area contributed by atoms with E-state index in [-0.39, 0.29) is 0 Å². The first-order valence-electron chi connectivity index (χ1n) is 9.10. The van der Waals surface area contributed by atoms with Crippen molar-refractivity contribution in [1.29, 1.82) is 0 Å². The first-order chi connectivity index (χ1) is 12.8.